The van der Waals surface area contributed by atoms with Crippen molar-refractivity contribution in [1.82, 2.24) is 0 Å². The average molecular weight is 314 g/mol. The molecule has 7 atom stereocenters. The fourth-order valence-electron chi connectivity index (χ4n) is 2.59. The van der Waals surface area contributed by atoms with Crippen LogP contribution in [0.2, 0.25) is 0 Å². The SMILES string of the molecule is OC1[C@H](OCP)OC2COC(c3ccccc3)O[C@H]2[C@@H]1O. The standard InChI is InChI=1S/C14H19O6P/c15-10-11(16)14(18-7-21)19-9-6-17-13(20-12(9)10)8-4-2-1-3-5-8/h1-5,9-16H,6-7,21H2/t9?,10-,11?,12-,13?,14-/m1/s1. The Morgan fingerprint density at radius 1 is 1.14 bits per heavy atom. The maximum absolute atomic E-state index is 10.2. The van der Waals surface area contributed by atoms with Crippen LogP contribution >= 0.6 is 9.24 Å². The second-order valence-corrected chi connectivity index (χ2v) is 5.37. The molecule has 4 unspecified atom stereocenters. The molecule has 2 heterocycles. The molecule has 21 heavy (non-hydrogen) atoms. The third-order valence-corrected chi connectivity index (χ3v) is 3.86. The Bertz CT molecular complexity index is 456. The van der Waals surface area contributed by atoms with Crippen molar-refractivity contribution in [3.05, 3.63) is 35.9 Å². The van der Waals surface area contributed by atoms with Gasteiger partial charge in [0, 0.05) is 5.56 Å². The lowest BCUT2D eigenvalue weighted by atomic mass is 9.98. The summed E-state index contributed by atoms with van der Waals surface area (Å²) in [5.41, 5.74) is 0.862. The van der Waals surface area contributed by atoms with Crippen molar-refractivity contribution in [3.63, 3.8) is 0 Å². The van der Waals surface area contributed by atoms with Crippen LogP contribution in [0.1, 0.15) is 11.9 Å². The van der Waals surface area contributed by atoms with Crippen LogP contribution < -0.4 is 0 Å². The van der Waals surface area contributed by atoms with Gasteiger partial charge in [-0.1, -0.05) is 30.3 Å². The number of aliphatic hydroxyl groups excluding tert-OH is 2. The highest BCUT2D eigenvalue weighted by Gasteiger charge is 2.49. The highest BCUT2D eigenvalue weighted by molar-refractivity contribution is 7.16. The first-order valence-corrected chi connectivity index (χ1v) is 7.67. The zero-order valence-corrected chi connectivity index (χ0v) is 12.5. The van der Waals surface area contributed by atoms with Crippen molar-refractivity contribution in [3.8, 4) is 0 Å². The lowest BCUT2D eigenvalue weighted by Gasteiger charge is -2.46. The molecule has 2 saturated heterocycles. The van der Waals surface area contributed by atoms with Crippen LogP contribution in [0.25, 0.3) is 0 Å². The van der Waals surface area contributed by atoms with Gasteiger partial charge in [-0.05, 0) is 0 Å². The molecule has 2 aliphatic heterocycles. The van der Waals surface area contributed by atoms with Gasteiger partial charge < -0.3 is 29.2 Å². The van der Waals surface area contributed by atoms with Crippen molar-refractivity contribution >= 4 is 9.24 Å². The van der Waals surface area contributed by atoms with Crippen molar-refractivity contribution in [2.24, 2.45) is 0 Å². The molecule has 2 fully saturated rings. The van der Waals surface area contributed by atoms with E-state index in [0.29, 0.717) is 6.35 Å². The van der Waals surface area contributed by atoms with E-state index in [2.05, 4.69) is 9.24 Å². The molecule has 0 spiro atoms. The third-order valence-electron chi connectivity index (χ3n) is 3.67. The molecule has 1 aromatic carbocycles. The van der Waals surface area contributed by atoms with Crippen LogP contribution in [0.3, 0.4) is 0 Å². The van der Waals surface area contributed by atoms with Gasteiger partial charge in [-0.3, -0.25) is 0 Å². The van der Waals surface area contributed by atoms with Crippen molar-refractivity contribution < 1.29 is 29.2 Å². The number of rotatable bonds is 3. The molecule has 7 heteroatoms. The molecular formula is C14H19O6P. The van der Waals surface area contributed by atoms with E-state index >= 15 is 0 Å². The Kier molecular flexibility index (Phi) is 4.86. The smallest absolute Gasteiger partial charge is 0.187 e. The third kappa shape index (κ3) is 3.12. The van der Waals surface area contributed by atoms with Gasteiger partial charge in [-0.25, -0.2) is 0 Å². The maximum Gasteiger partial charge on any atom is 0.187 e. The summed E-state index contributed by atoms with van der Waals surface area (Å²) in [6.07, 6.45) is -4.49. The van der Waals surface area contributed by atoms with Gasteiger partial charge in [0.05, 0.1) is 13.0 Å². The van der Waals surface area contributed by atoms with Crippen LogP contribution in [-0.2, 0) is 18.9 Å². The second-order valence-electron chi connectivity index (χ2n) is 5.03. The monoisotopic (exact) mass is 314 g/mol. The molecule has 2 N–H and O–H groups in total. The van der Waals surface area contributed by atoms with E-state index in [1.54, 1.807) is 0 Å². The Morgan fingerprint density at radius 2 is 1.90 bits per heavy atom. The molecule has 0 amide bonds. The molecular weight excluding hydrogens is 295 g/mol. The van der Waals surface area contributed by atoms with Crippen molar-refractivity contribution in [2.75, 3.05) is 13.0 Å². The summed E-state index contributed by atoms with van der Waals surface area (Å²) in [6.45, 7) is 0.269. The van der Waals surface area contributed by atoms with E-state index in [-0.39, 0.29) is 6.61 Å². The lowest BCUT2D eigenvalue weighted by Crippen LogP contribution is -2.62. The van der Waals surface area contributed by atoms with Crippen molar-refractivity contribution in [1.29, 1.82) is 0 Å². The first-order valence-electron chi connectivity index (χ1n) is 6.86. The molecule has 2 aliphatic rings. The summed E-state index contributed by atoms with van der Waals surface area (Å²) in [7, 11) is 2.38. The quantitative estimate of drug-likeness (QED) is 0.786. The average Bonchev–Trinajstić information content (AvgIpc) is 2.53. The predicted octanol–water partition coefficient (Wildman–Crippen LogP) is 0.396. The minimum Gasteiger partial charge on any atom is -0.387 e. The molecule has 0 saturated carbocycles. The van der Waals surface area contributed by atoms with Crippen LogP contribution in [-0.4, -0.2) is 53.9 Å². The second kappa shape index (κ2) is 6.67. The van der Waals surface area contributed by atoms with Gasteiger partial charge in [-0.15, -0.1) is 9.24 Å². The van der Waals surface area contributed by atoms with Crippen LogP contribution in [0.4, 0.5) is 0 Å². The summed E-state index contributed by atoms with van der Waals surface area (Å²) in [4.78, 5) is 0. The van der Waals surface area contributed by atoms with Crippen LogP contribution in [0.15, 0.2) is 30.3 Å². The highest BCUT2D eigenvalue weighted by atomic mass is 31.0. The minimum absolute atomic E-state index is 0.269. The van der Waals surface area contributed by atoms with E-state index in [4.69, 9.17) is 18.9 Å². The van der Waals surface area contributed by atoms with Gasteiger partial charge in [0.25, 0.3) is 0 Å². The molecule has 0 aromatic heterocycles. The van der Waals surface area contributed by atoms with E-state index in [1.807, 2.05) is 30.3 Å². The van der Waals surface area contributed by atoms with Gasteiger partial charge in [-0.2, -0.15) is 0 Å². The molecule has 1 aromatic rings. The van der Waals surface area contributed by atoms with E-state index < -0.39 is 37.0 Å². The summed E-state index contributed by atoms with van der Waals surface area (Å²) >= 11 is 0. The Balaban J connectivity index is 1.71. The highest BCUT2D eigenvalue weighted by Crippen LogP contribution is 2.34. The predicted molar refractivity (Wildman–Crippen MR) is 76.3 cm³/mol. The summed E-state index contributed by atoms with van der Waals surface area (Å²) in [5.74, 6) is 0. The Hall–Kier alpha value is -0.590. The lowest BCUT2D eigenvalue weighted by molar-refractivity contribution is -0.359. The molecule has 0 aliphatic carbocycles. The number of benzene rings is 1. The fourth-order valence-corrected chi connectivity index (χ4v) is 2.78. The zero-order valence-electron chi connectivity index (χ0n) is 11.4. The van der Waals surface area contributed by atoms with Crippen LogP contribution in [0.5, 0.6) is 0 Å². The van der Waals surface area contributed by atoms with E-state index in [0.717, 1.165) is 5.56 Å². The van der Waals surface area contributed by atoms with Gasteiger partial charge in [0.2, 0.25) is 0 Å². The maximum atomic E-state index is 10.2. The molecule has 3 rings (SSSR count). The van der Waals surface area contributed by atoms with Crippen LogP contribution in [0, 0.1) is 0 Å². The Labute approximate surface area is 125 Å². The molecule has 116 valence electrons. The van der Waals surface area contributed by atoms with E-state index in [9.17, 15) is 10.2 Å². The first-order chi connectivity index (χ1) is 10.2. The number of ether oxygens (including phenoxy) is 4. The number of hydrogen-bond acceptors (Lipinski definition) is 6. The topological polar surface area (TPSA) is 77.4 Å². The molecule has 0 bridgehead atoms. The Morgan fingerprint density at radius 3 is 2.62 bits per heavy atom. The molecule has 6 nitrogen and oxygen atoms in total. The molecule has 0 radical (unpaired) electrons. The minimum atomic E-state index is -1.15. The first kappa shape index (κ1) is 15.3. The summed E-state index contributed by atoms with van der Waals surface area (Å²) in [6, 6.07) is 9.46. The normalized spacial score (nSPS) is 39.8. The number of hydrogen-bond donors (Lipinski definition) is 2. The zero-order chi connectivity index (χ0) is 14.8. The number of fused-ring (bicyclic) bond motifs is 1. The van der Waals surface area contributed by atoms with Crippen molar-refractivity contribution in [2.45, 2.75) is 37.0 Å². The summed E-state index contributed by atoms with van der Waals surface area (Å²) in [5, 5.41) is 20.3. The van der Waals surface area contributed by atoms with E-state index in [1.165, 1.54) is 0 Å². The number of aliphatic hydroxyl groups is 2. The van der Waals surface area contributed by atoms with Gasteiger partial charge in [0.1, 0.15) is 24.4 Å². The van der Waals surface area contributed by atoms with Gasteiger partial charge in [0.15, 0.2) is 12.6 Å². The van der Waals surface area contributed by atoms with Gasteiger partial charge >= 0.3 is 0 Å². The fraction of sp³-hybridized carbons (Fsp3) is 0.571. The largest absolute Gasteiger partial charge is 0.387 e. The summed E-state index contributed by atoms with van der Waals surface area (Å²) < 4.78 is 22.3.